The summed E-state index contributed by atoms with van der Waals surface area (Å²) in [5.74, 6) is -2.66. The van der Waals surface area contributed by atoms with Crippen LogP contribution in [-0.2, 0) is 11.2 Å². The van der Waals surface area contributed by atoms with Gasteiger partial charge in [0, 0.05) is 24.2 Å². The highest BCUT2D eigenvalue weighted by Crippen LogP contribution is 2.30. The lowest BCUT2D eigenvalue weighted by Crippen LogP contribution is -2.51. The summed E-state index contributed by atoms with van der Waals surface area (Å²) >= 11 is 0. The van der Waals surface area contributed by atoms with Gasteiger partial charge in [0.1, 0.15) is 23.1 Å². The minimum atomic E-state index is -1.55. The number of aliphatic hydroxyl groups is 1. The summed E-state index contributed by atoms with van der Waals surface area (Å²) < 4.78 is 42.2. The largest absolute Gasteiger partial charge is 0.381 e. The Morgan fingerprint density at radius 1 is 1.21 bits per heavy atom. The van der Waals surface area contributed by atoms with Gasteiger partial charge in [-0.3, -0.25) is 4.79 Å². The topological polar surface area (TPSA) is 66.6 Å². The minimum Gasteiger partial charge on any atom is -0.381 e. The number of hydrogen-bond donors (Lipinski definition) is 2. The van der Waals surface area contributed by atoms with Gasteiger partial charge < -0.3 is 15.7 Å². The average molecular weight is 392 g/mol. The number of likely N-dealkylation sites (tertiary alicyclic amines) is 1. The van der Waals surface area contributed by atoms with Gasteiger partial charge in [-0.15, -0.1) is 0 Å². The first-order valence-corrected chi connectivity index (χ1v) is 9.11. The molecule has 2 aromatic rings. The zero-order valence-corrected chi connectivity index (χ0v) is 15.8. The van der Waals surface area contributed by atoms with E-state index in [4.69, 9.17) is 5.73 Å². The zero-order valence-electron chi connectivity index (χ0n) is 15.8. The fourth-order valence-electron chi connectivity index (χ4n) is 3.64. The first-order chi connectivity index (χ1) is 13.1. The molecule has 3 N–H and O–H groups in total. The molecule has 0 spiro atoms. The second kappa shape index (κ2) is 7.56. The molecule has 0 aromatic heterocycles. The summed E-state index contributed by atoms with van der Waals surface area (Å²) in [6.07, 6.45) is 0.684. The minimum absolute atomic E-state index is 0.0721. The van der Waals surface area contributed by atoms with Crippen LogP contribution in [0.15, 0.2) is 36.4 Å². The van der Waals surface area contributed by atoms with Crippen LogP contribution in [0.25, 0.3) is 11.1 Å². The second-order valence-corrected chi connectivity index (χ2v) is 7.72. The lowest BCUT2D eigenvalue weighted by Gasteiger charge is -2.31. The van der Waals surface area contributed by atoms with Crippen molar-refractivity contribution in [1.29, 1.82) is 0 Å². The lowest BCUT2D eigenvalue weighted by atomic mass is 9.95. The van der Waals surface area contributed by atoms with E-state index in [9.17, 15) is 18.7 Å². The van der Waals surface area contributed by atoms with Gasteiger partial charge in [0.2, 0.25) is 0 Å². The van der Waals surface area contributed by atoms with Crippen molar-refractivity contribution < 1.29 is 23.1 Å². The number of rotatable bonds is 4. The Balaban J connectivity index is 1.93. The van der Waals surface area contributed by atoms with Crippen molar-refractivity contribution in [2.45, 2.75) is 44.4 Å². The molecule has 1 saturated heterocycles. The molecule has 1 aliphatic heterocycles. The standard InChI is InChI=1S/C21H23F3N2O2/c1-21(2,28)20(27)26-7-6-17(25)18(26)10-12-4-3-5-16(19(12)24)13-8-14(22)11-15(23)9-13/h3-5,8-9,11,17-18,28H,6-7,10,25H2,1-2H3. The molecule has 2 unspecified atom stereocenters. The van der Waals surface area contributed by atoms with Gasteiger partial charge in [-0.05, 0) is 49.9 Å². The van der Waals surface area contributed by atoms with E-state index in [-0.39, 0.29) is 29.2 Å². The third kappa shape index (κ3) is 4.05. The van der Waals surface area contributed by atoms with Crippen molar-refractivity contribution in [1.82, 2.24) is 4.90 Å². The van der Waals surface area contributed by atoms with Crippen molar-refractivity contribution in [2.75, 3.05) is 6.54 Å². The number of nitrogens with zero attached hydrogens (tertiary/aromatic N) is 1. The predicted octanol–water partition coefficient (Wildman–Crippen LogP) is 3.01. The quantitative estimate of drug-likeness (QED) is 0.841. The van der Waals surface area contributed by atoms with Gasteiger partial charge in [-0.1, -0.05) is 18.2 Å². The van der Waals surface area contributed by atoms with Crippen molar-refractivity contribution in [2.24, 2.45) is 5.73 Å². The van der Waals surface area contributed by atoms with E-state index >= 15 is 4.39 Å². The molecule has 3 rings (SSSR count). The number of carbonyl (C=O) groups is 1. The van der Waals surface area contributed by atoms with Crippen LogP contribution in [-0.4, -0.2) is 40.1 Å². The summed E-state index contributed by atoms with van der Waals surface area (Å²) in [7, 11) is 0. The van der Waals surface area contributed by atoms with Crippen LogP contribution in [0.5, 0.6) is 0 Å². The molecule has 0 radical (unpaired) electrons. The first kappa shape index (κ1) is 20.4. The Bertz CT molecular complexity index is 875. The summed E-state index contributed by atoms with van der Waals surface area (Å²) in [6, 6.07) is 6.62. The molecule has 7 heteroatoms. The Morgan fingerprint density at radius 2 is 1.86 bits per heavy atom. The van der Waals surface area contributed by atoms with Gasteiger partial charge in [0.25, 0.3) is 5.91 Å². The van der Waals surface area contributed by atoms with Crippen LogP contribution in [0.3, 0.4) is 0 Å². The van der Waals surface area contributed by atoms with E-state index in [1.807, 2.05) is 0 Å². The SMILES string of the molecule is CC(C)(O)C(=O)N1CCC(N)C1Cc1cccc(-c2cc(F)cc(F)c2)c1F. The molecule has 2 atom stereocenters. The molecule has 150 valence electrons. The van der Waals surface area contributed by atoms with Gasteiger partial charge >= 0.3 is 0 Å². The van der Waals surface area contributed by atoms with Crippen molar-refractivity contribution in [3.8, 4) is 11.1 Å². The summed E-state index contributed by atoms with van der Waals surface area (Å²) in [6.45, 7) is 3.18. The molecule has 2 aromatic carbocycles. The van der Waals surface area contributed by atoms with Crippen molar-refractivity contribution in [3.05, 3.63) is 59.4 Å². The fourth-order valence-corrected chi connectivity index (χ4v) is 3.64. The maximum absolute atomic E-state index is 15.1. The van der Waals surface area contributed by atoms with Gasteiger partial charge in [0.05, 0.1) is 6.04 Å². The predicted molar refractivity (Wildman–Crippen MR) is 99.8 cm³/mol. The Hall–Kier alpha value is -2.38. The van der Waals surface area contributed by atoms with Gasteiger partial charge in [0.15, 0.2) is 0 Å². The first-order valence-electron chi connectivity index (χ1n) is 9.11. The molecule has 4 nitrogen and oxygen atoms in total. The highest BCUT2D eigenvalue weighted by atomic mass is 19.1. The van der Waals surface area contributed by atoms with Crippen molar-refractivity contribution in [3.63, 3.8) is 0 Å². The maximum Gasteiger partial charge on any atom is 0.254 e. The summed E-state index contributed by atoms with van der Waals surface area (Å²) in [4.78, 5) is 14.0. The molecule has 28 heavy (non-hydrogen) atoms. The summed E-state index contributed by atoms with van der Waals surface area (Å²) in [5.41, 5.74) is 5.04. The monoisotopic (exact) mass is 392 g/mol. The van der Waals surface area contributed by atoms with Crippen LogP contribution in [0.1, 0.15) is 25.8 Å². The second-order valence-electron chi connectivity index (χ2n) is 7.72. The van der Waals surface area contributed by atoms with Crippen LogP contribution < -0.4 is 5.73 Å². The fraction of sp³-hybridized carbons (Fsp3) is 0.381. The molecule has 1 amide bonds. The Morgan fingerprint density at radius 3 is 2.46 bits per heavy atom. The third-order valence-corrected chi connectivity index (χ3v) is 5.06. The van der Waals surface area contributed by atoms with E-state index in [0.29, 0.717) is 13.0 Å². The van der Waals surface area contributed by atoms with Crippen molar-refractivity contribution >= 4 is 5.91 Å². The van der Waals surface area contributed by atoms with E-state index in [1.165, 1.54) is 24.8 Å². The van der Waals surface area contributed by atoms with Crippen LogP contribution >= 0.6 is 0 Å². The van der Waals surface area contributed by atoms with Crippen LogP contribution in [0.2, 0.25) is 0 Å². The highest BCUT2D eigenvalue weighted by molar-refractivity contribution is 5.84. The average Bonchev–Trinajstić information content (AvgIpc) is 2.95. The van der Waals surface area contributed by atoms with E-state index < -0.39 is 35.0 Å². The van der Waals surface area contributed by atoms with E-state index in [0.717, 1.165) is 18.2 Å². The number of amides is 1. The highest BCUT2D eigenvalue weighted by Gasteiger charge is 2.40. The van der Waals surface area contributed by atoms with Crippen LogP contribution in [0.4, 0.5) is 13.2 Å². The van der Waals surface area contributed by atoms with E-state index in [2.05, 4.69) is 0 Å². The number of hydrogen-bond acceptors (Lipinski definition) is 3. The molecular formula is C21H23F3N2O2. The Kier molecular flexibility index (Phi) is 5.50. The molecule has 0 aliphatic carbocycles. The maximum atomic E-state index is 15.1. The number of nitrogens with two attached hydrogens (primary N) is 1. The van der Waals surface area contributed by atoms with Gasteiger partial charge in [-0.25, -0.2) is 13.2 Å². The van der Waals surface area contributed by atoms with Gasteiger partial charge in [-0.2, -0.15) is 0 Å². The lowest BCUT2D eigenvalue weighted by molar-refractivity contribution is -0.148. The zero-order chi connectivity index (χ0) is 20.6. The molecule has 1 fully saturated rings. The molecule has 1 aliphatic rings. The number of halogens is 3. The van der Waals surface area contributed by atoms with E-state index in [1.54, 1.807) is 12.1 Å². The normalized spacial score (nSPS) is 19.9. The molecule has 0 saturated carbocycles. The summed E-state index contributed by atoms with van der Waals surface area (Å²) in [5, 5.41) is 10.0. The van der Waals surface area contributed by atoms with Crippen LogP contribution in [0, 0.1) is 17.5 Å². The third-order valence-electron chi connectivity index (χ3n) is 5.06. The molecular weight excluding hydrogens is 369 g/mol. The molecule has 1 heterocycles. The smallest absolute Gasteiger partial charge is 0.254 e. The number of benzene rings is 2. The molecule has 0 bridgehead atoms. The number of carbonyl (C=O) groups excluding carboxylic acids is 1. The Labute approximate surface area is 161 Å².